The Kier molecular flexibility index (Phi) is 2.70. The molecule has 0 saturated heterocycles. The van der Waals surface area contributed by atoms with Gasteiger partial charge in [0.15, 0.2) is 0 Å². The summed E-state index contributed by atoms with van der Waals surface area (Å²) >= 11 is 0. The maximum absolute atomic E-state index is 12.8. The van der Waals surface area contributed by atoms with E-state index in [4.69, 9.17) is 10.7 Å². The highest BCUT2D eigenvalue weighted by Crippen LogP contribution is 2.52. The zero-order chi connectivity index (χ0) is 12.0. The van der Waals surface area contributed by atoms with Crippen molar-refractivity contribution in [2.45, 2.75) is 29.6 Å². The predicted octanol–water partition coefficient (Wildman–Crippen LogP) is 2.91. The van der Waals surface area contributed by atoms with Gasteiger partial charge in [-0.3, -0.25) is 0 Å². The molecule has 0 bridgehead atoms. The van der Waals surface area contributed by atoms with Crippen LogP contribution in [0.4, 0.5) is 8.78 Å². The maximum Gasteiger partial charge on any atom is 0.261 e. The number of rotatable bonds is 3. The van der Waals surface area contributed by atoms with Gasteiger partial charge >= 0.3 is 0 Å². The summed E-state index contributed by atoms with van der Waals surface area (Å²) in [5, 5.41) is 0. The SMILES string of the molecule is O=S(=O)(Cl)c1ccc(C2(C(F)F)CC2)cc1. The third-order valence-corrected chi connectivity index (χ3v) is 4.29. The molecule has 1 saturated carbocycles. The van der Waals surface area contributed by atoms with Gasteiger partial charge in [0.1, 0.15) is 0 Å². The largest absolute Gasteiger partial charge is 0.261 e. The molecule has 0 aromatic heterocycles. The minimum absolute atomic E-state index is 0.0667. The molecule has 1 aromatic rings. The second-order valence-corrected chi connectivity index (χ2v) is 6.49. The fourth-order valence-electron chi connectivity index (χ4n) is 1.72. The van der Waals surface area contributed by atoms with Gasteiger partial charge in [-0.05, 0) is 30.5 Å². The zero-order valence-electron chi connectivity index (χ0n) is 8.16. The number of hydrogen-bond acceptors (Lipinski definition) is 2. The van der Waals surface area contributed by atoms with Crippen molar-refractivity contribution >= 4 is 19.7 Å². The molecule has 1 aromatic carbocycles. The Hall–Kier alpha value is -0.680. The summed E-state index contributed by atoms with van der Waals surface area (Å²) < 4.78 is 47.4. The smallest absolute Gasteiger partial charge is 0.210 e. The second kappa shape index (κ2) is 3.67. The average Bonchev–Trinajstić information content (AvgIpc) is 2.97. The number of benzene rings is 1. The highest BCUT2D eigenvalue weighted by Gasteiger charge is 2.52. The van der Waals surface area contributed by atoms with Gasteiger partial charge in [0.2, 0.25) is 6.43 Å². The van der Waals surface area contributed by atoms with Crippen molar-refractivity contribution in [3.63, 3.8) is 0 Å². The van der Waals surface area contributed by atoms with E-state index in [9.17, 15) is 17.2 Å². The molecule has 0 amide bonds. The molecule has 0 unspecified atom stereocenters. The van der Waals surface area contributed by atoms with Gasteiger partial charge in [-0.1, -0.05) is 12.1 Å². The first-order chi connectivity index (χ1) is 7.36. The summed E-state index contributed by atoms with van der Waals surface area (Å²) in [6.45, 7) is 0. The monoisotopic (exact) mass is 266 g/mol. The van der Waals surface area contributed by atoms with Gasteiger partial charge in [-0.25, -0.2) is 17.2 Å². The Morgan fingerprint density at radius 1 is 1.19 bits per heavy atom. The molecule has 0 heterocycles. The minimum Gasteiger partial charge on any atom is -0.210 e. The third-order valence-electron chi connectivity index (χ3n) is 2.92. The second-order valence-electron chi connectivity index (χ2n) is 3.92. The van der Waals surface area contributed by atoms with Crippen LogP contribution in [0.15, 0.2) is 29.2 Å². The van der Waals surface area contributed by atoms with E-state index in [0.29, 0.717) is 18.4 Å². The van der Waals surface area contributed by atoms with Crippen molar-refractivity contribution in [1.29, 1.82) is 0 Å². The Morgan fingerprint density at radius 2 is 1.69 bits per heavy atom. The standard InChI is InChI=1S/C10H9ClF2O2S/c11-16(14,15)8-3-1-7(2-4-8)10(5-6-10)9(12)13/h1-4,9H,5-6H2. The van der Waals surface area contributed by atoms with E-state index >= 15 is 0 Å². The molecule has 0 radical (unpaired) electrons. The topological polar surface area (TPSA) is 34.1 Å². The van der Waals surface area contributed by atoms with Crippen molar-refractivity contribution in [2.24, 2.45) is 0 Å². The van der Waals surface area contributed by atoms with Crippen LogP contribution in [0, 0.1) is 0 Å². The minimum atomic E-state index is -3.78. The van der Waals surface area contributed by atoms with E-state index in [2.05, 4.69) is 0 Å². The molecule has 1 aliphatic carbocycles. The van der Waals surface area contributed by atoms with Crippen molar-refractivity contribution in [3.8, 4) is 0 Å². The van der Waals surface area contributed by atoms with Crippen LogP contribution in [0.3, 0.4) is 0 Å². The maximum atomic E-state index is 12.8. The van der Waals surface area contributed by atoms with E-state index in [1.165, 1.54) is 24.3 Å². The Morgan fingerprint density at radius 3 is 2.00 bits per heavy atom. The van der Waals surface area contributed by atoms with E-state index in [1.54, 1.807) is 0 Å². The first-order valence-corrected chi connectivity index (χ1v) is 7.00. The number of alkyl halides is 2. The van der Waals surface area contributed by atoms with Crippen LogP contribution in [0.5, 0.6) is 0 Å². The van der Waals surface area contributed by atoms with Crippen molar-refractivity contribution < 1.29 is 17.2 Å². The Bertz CT molecular complexity index is 492. The molecule has 0 atom stereocenters. The molecule has 1 aliphatic rings. The van der Waals surface area contributed by atoms with Gasteiger partial charge in [-0.15, -0.1) is 0 Å². The van der Waals surface area contributed by atoms with Gasteiger partial charge < -0.3 is 0 Å². The first kappa shape index (κ1) is 11.8. The van der Waals surface area contributed by atoms with Gasteiger partial charge in [-0.2, -0.15) is 0 Å². The number of halogens is 3. The summed E-state index contributed by atoms with van der Waals surface area (Å²) in [6, 6.07) is 5.35. The van der Waals surface area contributed by atoms with E-state index < -0.39 is 20.9 Å². The van der Waals surface area contributed by atoms with E-state index in [-0.39, 0.29) is 4.90 Å². The molecular weight excluding hydrogens is 258 g/mol. The molecule has 1 fully saturated rings. The van der Waals surface area contributed by atoms with Crippen LogP contribution >= 0.6 is 10.7 Å². The summed E-state index contributed by atoms with van der Waals surface area (Å²) in [7, 11) is 1.35. The van der Waals surface area contributed by atoms with Crippen molar-refractivity contribution in [2.75, 3.05) is 0 Å². The van der Waals surface area contributed by atoms with Crippen LogP contribution in [-0.4, -0.2) is 14.8 Å². The summed E-state index contributed by atoms with van der Waals surface area (Å²) in [6.07, 6.45) is -1.53. The van der Waals surface area contributed by atoms with Crippen LogP contribution in [0.25, 0.3) is 0 Å². The number of hydrogen-bond donors (Lipinski definition) is 0. The molecule has 88 valence electrons. The lowest BCUT2D eigenvalue weighted by atomic mass is 9.97. The molecule has 0 aliphatic heterocycles. The zero-order valence-corrected chi connectivity index (χ0v) is 9.73. The molecule has 2 nitrogen and oxygen atoms in total. The molecular formula is C10H9ClF2O2S. The van der Waals surface area contributed by atoms with Crippen LogP contribution in [0.1, 0.15) is 18.4 Å². The molecule has 16 heavy (non-hydrogen) atoms. The van der Waals surface area contributed by atoms with E-state index in [1.807, 2.05) is 0 Å². The summed E-state index contributed by atoms with van der Waals surface area (Å²) in [4.78, 5) is -0.0667. The molecule has 0 N–H and O–H groups in total. The molecule has 2 rings (SSSR count). The average molecular weight is 267 g/mol. The highest BCUT2D eigenvalue weighted by molar-refractivity contribution is 8.13. The quantitative estimate of drug-likeness (QED) is 0.789. The van der Waals surface area contributed by atoms with Gasteiger partial charge in [0, 0.05) is 10.7 Å². The normalized spacial score (nSPS) is 18.8. The predicted molar refractivity (Wildman–Crippen MR) is 56.4 cm³/mol. The third kappa shape index (κ3) is 1.94. The lowest BCUT2D eigenvalue weighted by molar-refractivity contribution is 0.102. The van der Waals surface area contributed by atoms with Gasteiger partial charge in [0.25, 0.3) is 9.05 Å². The first-order valence-electron chi connectivity index (χ1n) is 4.70. The summed E-state index contributed by atoms with van der Waals surface area (Å²) in [5.41, 5.74) is -0.583. The summed E-state index contributed by atoms with van der Waals surface area (Å²) in [5.74, 6) is 0. The molecule has 0 spiro atoms. The lowest BCUT2D eigenvalue weighted by Gasteiger charge is -2.14. The van der Waals surface area contributed by atoms with Crippen LogP contribution < -0.4 is 0 Å². The Labute approximate surface area is 96.6 Å². The van der Waals surface area contributed by atoms with Crippen LogP contribution in [0.2, 0.25) is 0 Å². The fraction of sp³-hybridized carbons (Fsp3) is 0.400. The van der Waals surface area contributed by atoms with Crippen LogP contribution in [-0.2, 0) is 14.5 Å². The van der Waals surface area contributed by atoms with Crippen molar-refractivity contribution in [3.05, 3.63) is 29.8 Å². The fourth-order valence-corrected chi connectivity index (χ4v) is 2.49. The van der Waals surface area contributed by atoms with E-state index in [0.717, 1.165) is 0 Å². The molecule has 6 heteroatoms. The lowest BCUT2D eigenvalue weighted by Crippen LogP contribution is -2.17. The highest BCUT2D eigenvalue weighted by atomic mass is 35.7. The van der Waals surface area contributed by atoms with Crippen molar-refractivity contribution in [1.82, 2.24) is 0 Å². The Balaban J connectivity index is 2.34. The van der Waals surface area contributed by atoms with Gasteiger partial charge in [0.05, 0.1) is 10.3 Å².